The summed E-state index contributed by atoms with van der Waals surface area (Å²) in [5.41, 5.74) is 0. The van der Waals surface area contributed by atoms with Crippen molar-refractivity contribution in [3.05, 3.63) is 0 Å². The Morgan fingerprint density at radius 3 is 2.92 bits per heavy atom. The van der Waals surface area contributed by atoms with Crippen LogP contribution in [0, 0.1) is 18.3 Å². The first-order valence-electron chi connectivity index (χ1n) is 4.04. The predicted octanol–water partition coefficient (Wildman–Crippen LogP) is 0.161. The molecule has 0 heterocycles. The molecule has 1 N–H and O–H groups in total. The van der Waals surface area contributed by atoms with Crippen molar-refractivity contribution in [3.63, 3.8) is 0 Å². The van der Waals surface area contributed by atoms with Gasteiger partial charge in [-0.2, -0.15) is 0 Å². The van der Waals surface area contributed by atoms with Gasteiger partial charge in [-0.1, -0.05) is 5.92 Å². The number of terminal acetylenes is 1. The number of hydrogen-bond donors (Lipinski definition) is 1. The second-order valence-corrected chi connectivity index (χ2v) is 2.92. The Balaban J connectivity index is 2.38. The lowest BCUT2D eigenvalue weighted by Crippen LogP contribution is -2.39. The number of carbonyl (C=O) groups excluding carboxylic acids is 1. The maximum atomic E-state index is 11.1. The average molecular weight is 167 g/mol. The summed E-state index contributed by atoms with van der Waals surface area (Å²) in [6, 6.07) is -0.189. The third-order valence-electron chi connectivity index (χ3n) is 1.97. The van der Waals surface area contributed by atoms with E-state index in [2.05, 4.69) is 16.0 Å². The van der Waals surface area contributed by atoms with Gasteiger partial charge in [-0.25, -0.2) is 0 Å². The first-order chi connectivity index (χ1) is 5.79. The van der Waals surface area contributed by atoms with Crippen LogP contribution in [0.4, 0.5) is 0 Å². The van der Waals surface area contributed by atoms with Crippen molar-refractivity contribution in [1.29, 1.82) is 0 Å². The molecular formula is C9H13NO2. The second-order valence-electron chi connectivity index (χ2n) is 2.92. The third-order valence-corrected chi connectivity index (χ3v) is 1.97. The highest BCUT2D eigenvalue weighted by Crippen LogP contribution is 2.32. The minimum absolute atomic E-state index is 0.189. The molecule has 0 bridgehead atoms. The Kier molecular flexibility index (Phi) is 3.12. The molecule has 3 nitrogen and oxygen atoms in total. The third kappa shape index (κ3) is 2.24. The van der Waals surface area contributed by atoms with Gasteiger partial charge in [0.2, 0.25) is 0 Å². The number of hydrogen-bond acceptors (Lipinski definition) is 3. The van der Waals surface area contributed by atoms with Crippen LogP contribution in [0.25, 0.3) is 0 Å². The van der Waals surface area contributed by atoms with Gasteiger partial charge in [0.1, 0.15) is 6.04 Å². The van der Waals surface area contributed by atoms with Crippen LogP contribution in [0.1, 0.15) is 12.8 Å². The summed E-state index contributed by atoms with van der Waals surface area (Å²) in [4.78, 5) is 11.1. The lowest BCUT2D eigenvalue weighted by atomic mass is 10.2. The topological polar surface area (TPSA) is 38.3 Å². The molecule has 1 aliphatic carbocycles. The highest BCUT2D eigenvalue weighted by molar-refractivity contribution is 5.76. The van der Waals surface area contributed by atoms with E-state index < -0.39 is 0 Å². The summed E-state index contributed by atoms with van der Waals surface area (Å²) in [5, 5.41) is 2.97. The first kappa shape index (κ1) is 9.08. The molecule has 0 amide bonds. The largest absolute Gasteiger partial charge is 0.468 e. The molecule has 3 heteroatoms. The molecule has 0 aromatic carbocycles. The van der Waals surface area contributed by atoms with E-state index in [1.165, 1.54) is 7.11 Å². The van der Waals surface area contributed by atoms with Gasteiger partial charge in [-0.15, -0.1) is 6.42 Å². The van der Waals surface area contributed by atoms with Crippen LogP contribution in [-0.2, 0) is 9.53 Å². The van der Waals surface area contributed by atoms with Gasteiger partial charge >= 0.3 is 5.97 Å². The number of methoxy groups -OCH3 is 1. The van der Waals surface area contributed by atoms with Crippen molar-refractivity contribution in [1.82, 2.24) is 5.32 Å². The van der Waals surface area contributed by atoms with E-state index in [0.717, 1.165) is 12.8 Å². The summed E-state index contributed by atoms with van der Waals surface area (Å²) < 4.78 is 4.64. The lowest BCUT2D eigenvalue weighted by Gasteiger charge is -2.13. The van der Waals surface area contributed by atoms with Crippen LogP contribution in [-0.4, -0.2) is 25.7 Å². The van der Waals surface area contributed by atoms with E-state index in [4.69, 9.17) is 6.42 Å². The van der Waals surface area contributed by atoms with Crippen molar-refractivity contribution in [2.45, 2.75) is 18.9 Å². The number of esters is 1. The highest BCUT2D eigenvalue weighted by Gasteiger charge is 2.36. The molecule has 1 atom stereocenters. The Morgan fingerprint density at radius 2 is 2.50 bits per heavy atom. The zero-order chi connectivity index (χ0) is 8.97. The SMILES string of the molecule is C#CCNC(C(=O)OC)C1CC1. The number of carbonyl (C=O) groups is 1. The maximum absolute atomic E-state index is 11.1. The molecule has 1 fully saturated rings. The lowest BCUT2D eigenvalue weighted by molar-refractivity contribution is -0.143. The molecule has 0 spiro atoms. The van der Waals surface area contributed by atoms with Crippen molar-refractivity contribution >= 4 is 5.97 Å². The minimum Gasteiger partial charge on any atom is -0.468 e. The zero-order valence-corrected chi connectivity index (χ0v) is 7.17. The monoisotopic (exact) mass is 167 g/mol. The van der Waals surface area contributed by atoms with E-state index in [9.17, 15) is 4.79 Å². The van der Waals surface area contributed by atoms with E-state index >= 15 is 0 Å². The zero-order valence-electron chi connectivity index (χ0n) is 7.17. The molecule has 0 saturated heterocycles. The second kappa shape index (κ2) is 4.13. The number of rotatable bonds is 4. The molecule has 1 unspecified atom stereocenters. The molecule has 12 heavy (non-hydrogen) atoms. The molecular weight excluding hydrogens is 154 g/mol. The van der Waals surface area contributed by atoms with Gasteiger partial charge in [0.25, 0.3) is 0 Å². The number of ether oxygens (including phenoxy) is 1. The Hall–Kier alpha value is -1.01. The fourth-order valence-corrected chi connectivity index (χ4v) is 1.17. The van der Waals surface area contributed by atoms with Gasteiger partial charge in [0.05, 0.1) is 13.7 Å². The van der Waals surface area contributed by atoms with Crippen LogP contribution in [0.3, 0.4) is 0 Å². The maximum Gasteiger partial charge on any atom is 0.323 e. The fourth-order valence-electron chi connectivity index (χ4n) is 1.17. The molecule has 0 aromatic rings. The Bertz CT molecular complexity index is 203. The predicted molar refractivity (Wildman–Crippen MR) is 45.4 cm³/mol. The summed E-state index contributed by atoms with van der Waals surface area (Å²) in [6.45, 7) is 0.427. The molecule has 0 radical (unpaired) electrons. The van der Waals surface area contributed by atoms with E-state index in [1.807, 2.05) is 0 Å². The summed E-state index contributed by atoms with van der Waals surface area (Å²) in [7, 11) is 1.40. The molecule has 66 valence electrons. The quantitative estimate of drug-likeness (QED) is 0.479. The Morgan fingerprint density at radius 1 is 1.83 bits per heavy atom. The highest BCUT2D eigenvalue weighted by atomic mass is 16.5. The number of nitrogens with one attached hydrogen (secondary N) is 1. The van der Waals surface area contributed by atoms with Crippen LogP contribution in [0.5, 0.6) is 0 Å². The Labute approximate surface area is 72.5 Å². The average Bonchev–Trinajstić information content (AvgIpc) is 2.88. The smallest absolute Gasteiger partial charge is 0.323 e. The standard InChI is InChI=1S/C9H13NO2/c1-3-6-10-8(7-4-5-7)9(11)12-2/h1,7-8,10H,4-6H2,2H3. The molecule has 1 rings (SSSR count). The van der Waals surface area contributed by atoms with Crippen molar-refractivity contribution in [2.75, 3.05) is 13.7 Å². The molecule has 0 aromatic heterocycles. The fraction of sp³-hybridized carbons (Fsp3) is 0.667. The minimum atomic E-state index is -0.201. The van der Waals surface area contributed by atoms with Crippen LogP contribution in [0.15, 0.2) is 0 Å². The normalized spacial score (nSPS) is 18.0. The van der Waals surface area contributed by atoms with Gasteiger partial charge in [0, 0.05) is 0 Å². The van der Waals surface area contributed by atoms with Crippen molar-refractivity contribution in [2.24, 2.45) is 5.92 Å². The summed E-state index contributed by atoms with van der Waals surface area (Å²) in [5.74, 6) is 2.68. The van der Waals surface area contributed by atoms with Crippen molar-refractivity contribution in [3.8, 4) is 12.3 Å². The van der Waals surface area contributed by atoms with Gasteiger partial charge in [-0.05, 0) is 18.8 Å². The molecule has 1 aliphatic rings. The molecule has 1 saturated carbocycles. The van der Waals surface area contributed by atoms with Crippen LogP contribution in [0.2, 0.25) is 0 Å². The van der Waals surface area contributed by atoms with Gasteiger partial charge in [0.15, 0.2) is 0 Å². The van der Waals surface area contributed by atoms with Crippen molar-refractivity contribution < 1.29 is 9.53 Å². The summed E-state index contributed by atoms with van der Waals surface area (Å²) in [6.07, 6.45) is 7.26. The van der Waals surface area contributed by atoms with E-state index in [-0.39, 0.29) is 12.0 Å². The van der Waals surface area contributed by atoms with Gasteiger partial charge in [-0.3, -0.25) is 10.1 Å². The van der Waals surface area contributed by atoms with Gasteiger partial charge < -0.3 is 4.74 Å². The van der Waals surface area contributed by atoms with E-state index in [0.29, 0.717) is 12.5 Å². The van der Waals surface area contributed by atoms with E-state index in [1.54, 1.807) is 0 Å². The summed E-state index contributed by atoms with van der Waals surface area (Å²) >= 11 is 0. The van der Waals surface area contributed by atoms with Crippen LogP contribution >= 0.6 is 0 Å². The van der Waals surface area contributed by atoms with Crippen LogP contribution < -0.4 is 5.32 Å². The molecule has 0 aliphatic heterocycles. The first-order valence-corrected chi connectivity index (χ1v) is 4.04.